The number of hydrazone groups is 1. The van der Waals surface area contributed by atoms with Crippen LogP contribution in [0.4, 0.5) is 5.69 Å². The van der Waals surface area contributed by atoms with Crippen molar-refractivity contribution in [3.8, 4) is 5.75 Å². The summed E-state index contributed by atoms with van der Waals surface area (Å²) in [6.45, 7) is 0. The molecular weight excluding hydrogens is 552 g/mol. The van der Waals surface area contributed by atoms with Gasteiger partial charge < -0.3 is 15.2 Å². The molecule has 2 aliphatic heterocycles. The van der Waals surface area contributed by atoms with Gasteiger partial charge in [-0.05, 0) is 64.4 Å². The van der Waals surface area contributed by atoms with Crippen LogP contribution in [-0.4, -0.2) is 51.1 Å². The predicted molar refractivity (Wildman–Crippen MR) is 163 cm³/mol. The summed E-state index contributed by atoms with van der Waals surface area (Å²) in [4.78, 5) is 41.1. The molecule has 2 aliphatic rings. The number of amides is 2. The van der Waals surface area contributed by atoms with Gasteiger partial charge in [0.1, 0.15) is 11.0 Å². The lowest BCUT2D eigenvalue weighted by atomic mass is 9.97. The molecule has 9 nitrogen and oxygen atoms in total. The average Bonchev–Trinajstić information content (AvgIpc) is 3.61. The van der Waals surface area contributed by atoms with E-state index in [1.54, 1.807) is 12.1 Å². The van der Waals surface area contributed by atoms with E-state index in [2.05, 4.69) is 40.6 Å². The summed E-state index contributed by atoms with van der Waals surface area (Å²) < 4.78 is 5.34. The Morgan fingerprint density at radius 1 is 1.00 bits per heavy atom. The summed E-state index contributed by atoms with van der Waals surface area (Å²) in [6.07, 6.45) is 0.523. The number of fused-ring (bicyclic) bond motifs is 1. The van der Waals surface area contributed by atoms with Crippen LogP contribution in [0.5, 0.6) is 5.75 Å². The van der Waals surface area contributed by atoms with Crippen LogP contribution < -0.4 is 10.1 Å². The van der Waals surface area contributed by atoms with Crippen LogP contribution in [0, 0.1) is 0 Å². The Balaban J connectivity index is 1.22. The molecule has 0 aliphatic carbocycles. The Hall–Kier alpha value is -4.96. The molecule has 2 amide bonds. The Morgan fingerprint density at radius 2 is 1.74 bits per heavy atom. The van der Waals surface area contributed by atoms with E-state index in [4.69, 9.17) is 14.9 Å². The molecule has 10 heteroatoms. The van der Waals surface area contributed by atoms with Gasteiger partial charge >= 0.3 is 5.97 Å². The van der Waals surface area contributed by atoms with Crippen molar-refractivity contribution in [2.45, 2.75) is 24.1 Å². The number of anilines is 1. The molecule has 0 saturated carbocycles. The fourth-order valence-electron chi connectivity index (χ4n) is 5.00. The van der Waals surface area contributed by atoms with E-state index in [1.807, 2.05) is 36.4 Å². The van der Waals surface area contributed by atoms with E-state index in [0.29, 0.717) is 17.3 Å². The lowest BCUT2D eigenvalue weighted by Gasteiger charge is -2.23. The molecule has 42 heavy (non-hydrogen) atoms. The Bertz CT molecular complexity index is 1750. The summed E-state index contributed by atoms with van der Waals surface area (Å²) in [5, 5.41) is 20.5. The summed E-state index contributed by atoms with van der Waals surface area (Å²) in [7, 11) is 1.62. The van der Waals surface area contributed by atoms with Gasteiger partial charge in [-0.15, -0.1) is 0 Å². The number of nitrogens with zero attached hydrogens (tertiary/aromatic N) is 3. The van der Waals surface area contributed by atoms with Crippen LogP contribution in [-0.2, 0) is 9.59 Å². The highest BCUT2D eigenvalue weighted by Crippen LogP contribution is 2.39. The molecule has 0 bridgehead atoms. The molecule has 0 aromatic heterocycles. The molecule has 2 unspecified atom stereocenters. The molecule has 6 rings (SSSR count). The summed E-state index contributed by atoms with van der Waals surface area (Å²) in [5.74, 6) is -1.07. The number of amidine groups is 1. The third kappa shape index (κ3) is 5.61. The molecule has 2 N–H and O–H groups in total. The fourth-order valence-corrected chi connectivity index (χ4v) is 6.06. The molecule has 0 saturated heterocycles. The van der Waals surface area contributed by atoms with Crippen LogP contribution in [0.3, 0.4) is 0 Å². The molecule has 0 spiro atoms. The van der Waals surface area contributed by atoms with Crippen LogP contribution in [0.25, 0.3) is 10.8 Å². The van der Waals surface area contributed by atoms with Crippen molar-refractivity contribution >= 4 is 56.9 Å². The zero-order chi connectivity index (χ0) is 29.2. The molecule has 4 aromatic rings. The van der Waals surface area contributed by atoms with Crippen LogP contribution in [0.2, 0.25) is 0 Å². The molecule has 210 valence electrons. The van der Waals surface area contributed by atoms with Crippen molar-refractivity contribution in [2.24, 2.45) is 10.1 Å². The van der Waals surface area contributed by atoms with E-state index in [1.165, 1.54) is 36.0 Å². The van der Waals surface area contributed by atoms with Gasteiger partial charge in [0.15, 0.2) is 5.17 Å². The van der Waals surface area contributed by atoms with Gasteiger partial charge in [-0.1, -0.05) is 60.3 Å². The number of hydrogen-bond donors (Lipinski definition) is 2. The highest BCUT2D eigenvalue weighted by molar-refractivity contribution is 8.15. The molecule has 2 atom stereocenters. The fraction of sp³-hybridized carbons (Fsp3) is 0.156. The quantitative estimate of drug-likeness (QED) is 0.288. The maximum atomic E-state index is 12.9. The highest BCUT2D eigenvalue weighted by atomic mass is 32.2. The number of aromatic carboxylic acids is 1. The first kappa shape index (κ1) is 27.2. The van der Waals surface area contributed by atoms with Crippen molar-refractivity contribution in [3.05, 3.63) is 108 Å². The number of methoxy groups -OCH3 is 1. The van der Waals surface area contributed by atoms with Crippen molar-refractivity contribution in [1.82, 2.24) is 5.01 Å². The number of benzene rings is 4. The van der Waals surface area contributed by atoms with E-state index >= 15 is 0 Å². The predicted octanol–water partition coefficient (Wildman–Crippen LogP) is 5.72. The number of nitrogens with one attached hydrogen (secondary N) is 1. The zero-order valence-corrected chi connectivity index (χ0v) is 23.4. The smallest absolute Gasteiger partial charge is 0.335 e. The maximum Gasteiger partial charge on any atom is 0.335 e. The second kappa shape index (κ2) is 11.5. The summed E-state index contributed by atoms with van der Waals surface area (Å²) in [6, 6.07) is 27.8. The Kier molecular flexibility index (Phi) is 7.45. The van der Waals surface area contributed by atoms with Gasteiger partial charge in [-0.25, -0.2) is 9.80 Å². The molecular formula is C32H26N4O5S. The normalized spacial score (nSPS) is 18.1. The largest absolute Gasteiger partial charge is 0.497 e. The van der Waals surface area contributed by atoms with Gasteiger partial charge in [-0.2, -0.15) is 10.1 Å². The van der Waals surface area contributed by atoms with E-state index in [9.17, 15) is 14.4 Å². The van der Waals surface area contributed by atoms with Crippen molar-refractivity contribution in [1.29, 1.82) is 0 Å². The first-order valence-corrected chi connectivity index (χ1v) is 14.2. The number of carboxylic acids is 1. The SMILES string of the molecule is COc1ccc(C2CC(c3ccc4ccccc4c3)=NN2C2=NC(=O)C(CC(=O)Nc3ccc(C(=O)O)cc3)S2)cc1. The first-order valence-electron chi connectivity index (χ1n) is 13.3. The van der Waals surface area contributed by atoms with Crippen molar-refractivity contribution < 1.29 is 24.2 Å². The molecule has 2 heterocycles. The van der Waals surface area contributed by atoms with Gasteiger partial charge in [0, 0.05) is 18.5 Å². The number of hydrogen-bond acceptors (Lipinski definition) is 7. The minimum atomic E-state index is -1.05. The molecule has 4 aromatic carbocycles. The average molecular weight is 579 g/mol. The van der Waals surface area contributed by atoms with Gasteiger partial charge in [0.05, 0.1) is 24.4 Å². The molecule has 0 radical (unpaired) electrons. The third-order valence-electron chi connectivity index (χ3n) is 7.20. The van der Waals surface area contributed by atoms with Crippen molar-refractivity contribution in [3.63, 3.8) is 0 Å². The van der Waals surface area contributed by atoms with Crippen LogP contribution >= 0.6 is 11.8 Å². The minimum Gasteiger partial charge on any atom is -0.497 e. The number of thioether (sulfide) groups is 1. The third-order valence-corrected chi connectivity index (χ3v) is 8.35. The topological polar surface area (TPSA) is 121 Å². The summed E-state index contributed by atoms with van der Waals surface area (Å²) >= 11 is 1.22. The Labute approximate surface area is 245 Å². The van der Waals surface area contributed by atoms with E-state index < -0.39 is 17.1 Å². The van der Waals surface area contributed by atoms with Gasteiger partial charge in [0.25, 0.3) is 5.91 Å². The monoisotopic (exact) mass is 578 g/mol. The standard InChI is InChI=1S/C32H26N4O5S/c1-41-25-14-10-20(11-15-25)27-17-26(23-7-6-19-4-2-3-5-22(19)16-23)35-36(27)32-34-30(38)28(42-32)18-29(37)33-24-12-8-21(9-13-24)31(39)40/h2-16,27-28H,17-18H2,1H3,(H,33,37)(H,39,40). The van der Waals surface area contributed by atoms with Gasteiger partial charge in [0.2, 0.25) is 5.91 Å². The molecule has 0 fully saturated rings. The van der Waals surface area contributed by atoms with E-state index in [0.717, 1.165) is 33.4 Å². The number of carbonyl (C=O) groups excluding carboxylic acids is 2. The minimum absolute atomic E-state index is 0.0839. The highest BCUT2D eigenvalue weighted by Gasteiger charge is 2.39. The van der Waals surface area contributed by atoms with Crippen LogP contribution in [0.15, 0.2) is 101 Å². The summed E-state index contributed by atoms with van der Waals surface area (Å²) in [5.41, 5.74) is 3.44. The number of carboxylic acid groups (broad SMARTS) is 1. The first-order chi connectivity index (χ1) is 20.4. The number of aliphatic imine (C=N–C) groups is 1. The van der Waals surface area contributed by atoms with E-state index in [-0.39, 0.29) is 23.9 Å². The van der Waals surface area contributed by atoms with Crippen LogP contribution in [0.1, 0.15) is 40.4 Å². The Morgan fingerprint density at radius 3 is 2.45 bits per heavy atom. The second-order valence-electron chi connectivity index (χ2n) is 9.92. The zero-order valence-electron chi connectivity index (χ0n) is 22.6. The maximum absolute atomic E-state index is 12.9. The number of carbonyl (C=O) groups is 3. The van der Waals surface area contributed by atoms with Crippen molar-refractivity contribution in [2.75, 3.05) is 12.4 Å². The number of rotatable bonds is 7. The van der Waals surface area contributed by atoms with Gasteiger partial charge in [-0.3, -0.25) is 9.59 Å². The lowest BCUT2D eigenvalue weighted by molar-refractivity contribution is -0.121. The lowest BCUT2D eigenvalue weighted by Crippen LogP contribution is -2.25. The number of ether oxygens (including phenoxy) is 1. The second-order valence-corrected chi connectivity index (χ2v) is 11.1.